The van der Waals surface area contributed by atoms with Crippen LogP contribution in [0.4, 0.5) is 4.39 Å². The molecule has 0 aliphatic heterocycles. The molecule has 1 N–H and O–H groups in total. The molecule has 1 heterocycles. The molecule has 0 fully saturated rings. The molecule has 0 aliphatic carbocycles. The van der Waals surface area contributed by atoms with Crippen LogP contribution >= 0.6 is 0 Å². The lowest BCUT2D eigenvalue weighted by molar-refractivity contribution is 0.501. The van der Waals surface area contributed by atoms with Crippen molar-refractivity contribution in [3.8, 4) is 0 Å². The fraction of sp³-hybridized carbons (Fsp3) is 0.333. The molecule has 1 atom stereocenters. The number of aryl methyl sites for hydroxylation is 1. The summed E-state index contributed by atoms with van der Waals surface area (Å²) in [6.45, 7) is 4.92. The minimum absolute atomic E-state index is 0.196. The second-order valence-corrected chi connectivity index (χ2v) is 4.37. The van der Waals surface area contributed by atoms with Gasteiger partial charge in [0.1, 0.15) is 11.6 Å². The topological polar surface area (TPSA) is 25.2 Å². The third kappa shape index (κ3) is 2.99. The molecule has 1 unspecified atom stereocenters. The summed E-state index contributed by atoms with van der Waals surface area (Å²) < 4.78 is 18.2. The van der Waals surface area contributed by atoms with Crippen LogP contribution < -0.4 is 5.32 Å². The minimum Gasteiger partial charge on any atom is -0.469 e. The first-order valence-corrected chi connectivity index (χ1v) is 6.22. The van der Waals surface area contributed by atoms with Crippen molar-refractivity contribution in [2.75, 3.05) is 6.54 Å². The standard InChI is InChI=1S/C15H18FNO/c1-3-17-15(14-8-9-18-11(14)2)10-12-4-6-13(16)7-5-12/h4-9,15,17H,3,10H2,1-2H3. The number of hydrogen-bond donors (Lipinski definition) is 1. The van der Waals surface area contributed by atoms with Crippen molar-refractivity contribution in [2.45, 2.75) is 26.3 Å². The fourth-order valence-corrected chi connectivity index (χ4v) is 2.15. The molecule has 0 saturated heterocycles. The molecular formula is C15H18FNO. The monoisotopic (exact) mass is 247 g/mol. The Morgan fingerprint density at radius 1 is 1.22 bits per heavy atom. The van der Waals surface area contributed by atoms with Gasteiger partial charge in [0, 0.05) is 11.6 Å². The first kappa shape index (κ1) is 12.8. The van der Waals surface area contributed by atoms with Gasteiger partial charge in [-0.2, -0.15) is 0 Å². The fourth-order valence-electron chi connectivity index (χ4n) is 2.15. The largest absolute Gasteiger partial charge is 0.469 e. The number of furan rings is 1. The molecule has 0 amide bonds. The van der Waals surface area contributed by atoms with Crippen LogP contribution in [0.25, 0.3) is 0 Å². The summed E-state index contributed by atoms with van der Waals surface area (Å²) in [6, 6.07) is 8.86. The zero-order chi connectivity index (χ0) is 13.0. The van der Waals surface area contributed by atoms with E-state index in [1.807, 2.05) is 25.1 Å². The predicted octanol–water partition coefficient (Wildman–Crippen LogP) is 3.62. The molecule has 2 aromatic rings. The number of halogens is 1. The Balaban J connectivity index is 2.16. The molecule has 1 aromatic heterocycles. The van der Waals surface area contributed by atoms with Crippen LogP contribution in [0.2, 0.25) is 0 Å². The lowest BCUT2D eigenvalue weighted by atomic mass is 9.99. The summed E-state index contributed by atoms with van der Waals surface area (Å²) >= 11 is 0. The lowest BCUT2D eigenvalue weighted by Crippen LogP contribution is -2.23. The van der Waals surface area contributed by atoms with E-state index in [9.17, 15) is 4.39 Å². The summed E-state index contributed by atoms with van der Waals surface area (Å²) in [7, 11) is 0. The first-order valence-electron chi connectivity index (χ1n) is 6.22. The van der Waals surface area contributed by atoms with Gasteiger partial charge in [-0.15, -0.1) is 0 Å². The lowest BCUT2D eigenvalue weighted by Gasteiger charge is -2.17. The Morgan fingerprint density at radius 3 is 2.50 bits per heavy atom. The van der Waals surface area contributed by atoms with Gasteiger partial charge in [0.05, 0.1) is 6.26 Å². The zero-order valence-corrected chi connectivity index (χ0v) is 10.7. The Bertz CT molecular complexity index is 489. The van der Waals surface area contributed by atoms with Gasteiger partial charge in [0.15, 0.2) is 0 Å². The minimum atomic E-state index is -0.196. The normalized spacial score (nSPS) is 12.6. The van der Waals surface area contributed by atoms with Crippen molar-refractivity contribution < 1.29 is 8.81 Å². The SMILES string of the molecule is CCNC(Cc1ccc(F)cc1)c1ccoc1C. The van der Waals surface area contributed by atoms with Crippen LogP contribution in [0, 0.1) is 12.7 Å². The molecule has 18 heavy (non-hydrogen) atoms. The van der Waals surface area contributed by atoms with Gasteiger partial charge in [-0.3, -0.25) is 0 Å². The van der Waals surface area contributed by atoms with E-state index in [4.69, 9.17) is 4.42 Å². The van der Waals surface area contributed by atoms with E-state index in [-0.39, 0.29) is 11.9 Å². The van der Waals surface area contributed by atoms with Gasteiger partial charge in [-0.25, -0.2) is 4.39 Å². The molecule has 2 nitrogen and oxygen atoms in total. The Morgan fingerprint density at radius 2 is 1.94 bits per heavy atom. The second-order valence-electron chi connectivity index (χ2n) is 4.37. The molecule has 1 aromatic carbocycles. The highest BCUT2D eigenvalue weighted by Crippen LogP contribution is 2.22. The van der Waals surface area contributed by atoms with Crippen LogP contribution in [-0.2, 0) is 6.42 Å². The number of nitrogens with one attached hydrogen (secondary N) is 1. The second kappa shape index (κ2) is 5.83. The number of likely N-dealkylation sites (N-methyl/N-ethyl adjacent to an activating group) is 1. The third-order valence-electron chi connectivity index (χ3n) is 3.08. The van der Waals surface area contributed by atoms with Crippen LogP contribution in [0.3, 0.4) is 0 Å². The highest BCUT2D eigenvalue weighted by molar-refractivity contribution is 5.25. The molecule has 0 bridgehead atoms. The molecule has 2 rings (SSSR count). The van der Waals surface area contributed by atoms with E-state index < -0.39 is 0 Å². The van der Waals surface area contributed by atoms with Crippen molar-refractivity contribution >= 4 is 0 Å². The van der Waals surface area contributed by atoms with Crippen LogP contribution in [0.5, 0.6) is 0 Å². The molecule has 0 saturated carbocycles. The molecule has 0 spiro atoms. The maximum absolute atomic E-state index is 12.9. The third-order valence-corrected chi connectivity index (χ3v) is 3.08. The highest BCUT2D eigenvalue weighted by atomic mass is 19.1. The Labute approximate surface area is 107 Å². The Hall–Kier alpha value is -1.61. The number of benzene rings is 1. The van der Waals surface area contributed by atoms with Crippen molar-refractivity contribution in [2.24, 2.45) is 0 Å². The quantitative estimate of drug-likeness (QED) is 0.873. The molecular weight excluding hydrogens is 229 g/mol. The van der Waals surface area contributed by atoms with E-state index in [1.54, 1.807) is 6.26 Å². The highest BCUT2D eigenvalue weighted by Gasteiger charge is 2.15. The van der Waals surface area contributed by atoms with Crippen molar-refractivity contribution in [3.63, 3.8) is 0 Å². The summed E-state index contributed by atoms with van der Waals surface area (Å²) in [6.07, 6.45) is 2.54. The summed E-state index contributed by atoms with van der Waals surface area (Å²) in [5, 5.41) is 3.44. The van der Waals surface area contributed by atoms with Gasteiger partial charge < -0.3 is 9.73 Å². The zero-order valence-electron chi connectivity index (χ0n) is 10.7. The smallest absolute Gasteiger partial charge is 0.123 e. The molecule has 0 aliphatic rings. The van der Waals surface area contributed by atoms with E-state index in [1.165, 1.54) is 17.7 Å². The Kier molecular flexibility index (Phi) is 4.15. The maximum atomic E-state index is 12.9. The van der Waals surface area contributed by atoms with Crippen molar-refractivity contribution in [3.05, 3.63) is 59.3 Å². The molecule has 96 valence electrons. The van der Waals surface area contributed by atoms with Crippen molar-refractivity contribution in [1.29, 1.82) is 0 Å². The molecule has 3 heteroatoms. The predicted molar refractivity (Wildman–Crippen MR) is 70.0 cm³/mol. The molecule has 0 radical (unpaired) electrons. The van der Waals surface area contributed by atoms with E-state index in [0.29, 0.717) is 0 Å². The van der Waals surface area contributed by atoms with Crippen molar-refractivity contribution in [1.82, 2.24) is 5.32 Å². The summed E-state index contributed by atoms with van der Waals surface area (Å²) in [4.78, 5) is 0. The summed E-state index contributed by atoms with van der Waals surface area (Å²) in [5.74, 6) is 0.737. The van der Waals surface area contributed by atoms with E-state index in [0.717, 1.165) is 24.3 Å². The van der Waals surface area contributed by atoms with Crippen LogP contribution in [-0.4, -0.2) is 6.54 Å². The van der Waals surface area contributed by atoms with Crippen LogP contribution in [0.1, 0.15) is 29.9 Å². The van der Waals surface area contributed by atoms with E-state index in [2.05, 4.69) is 12.2 Å². The van der Waals surface area contributed by atoms with Gasteiger partial charge in [-0.1, -0.05) is 19.1 Å². The maximum Gasteiger partial charge on any atom is 0.123 e. The summed E-state index contributed by atoms with van der Waals surface area (Å²) in [5.41, 5.74) is 2.28. The number of rotatable bonds is 5. The van der Waals surface area contributed by atoms with Gasteiger partial charge >= 0.3 is 0 Å². The van der Waals surface area contributed by atoms with Gasteiger partial charge in [0.25, 0.3) is 0 Å². The van der Waals surface area contributed by atoms with E-state index >= 15 is 0 Å². The van der Waals surface area contributed by atoms with Gasteiger partial charge in [-0.05, 0) is 43.7 Å². The number of hydrogen-bond acceptors (Lipinski definition) is 2. The first-order chi connectivity index (χ1) is 8.70. The van der Waals surface area contributed by atoms with Crippen LogP contribution in [0.15, 0.2) is 41.0 Å². The average molecular weight is 247 g/mol. The average Bonchev–Trinajstić information content (AvgIpc) is 2.78. The van der Waals surface area contributed by atoms with Gasteiger partial charge in [0.2, 0.25) is 0 Å².